The van der Waals surface area contributed by atoms with Gasteiger partial charge >= 0.3 is 0 Å². The van der Waals surface area contributed by atoms with E-state index in [2.05, 4.69) is 32.7 Å². The van der Waals surface area contributed by atoms with E-state index in [0.29, 0.717) is 11.3 Å². The molecule has 16 heavy (non-hydrogen) atoms. The van der Waals surface area contributed by atoms with Crippen molar-refractivity contribution in [3.8, 4) is 0 Å². The van der Waals surface area contributed by atoms with Crippen molar-refractivity contribution in [1.82, 2.24) is 4.98 Å². The highest BCUT2D eigenvalue weighted by atomic mass is 14.7. The summed E-state index contributed by atoms with van der Waals surface area (Å²) < 4.78 is 0. The van der Waals surface area contributed by atoms with Gasteiger partial charge in [-0.3, -0.25) is 4.98 Å². The Morgan fingerprint density at radius 1 is 1.31 bits per heavy atom. The molecule has 0 aliphatic carbocycles. The predicted octanol–water partition coefficient (Wildman–Crippen LogP) is 3.02. The zero-order chi connectivity index (χ0) is 12.2. The Morgan fingerprint density at radius 3 is 2.50 bits per heavy atom. The average molecular weight is 220 g/mol. The molecule has 0 fully saturated rings. The Bertz CT molecular complexity index is 300. The highest BCUT2D eigenvalue weighted by Crippen LogP contribution is 2.29. The van der Waals surface area contributed by atoms with E-state index in [1.54, 1.807) is 0 Å². The molecule has 0 aliphatic heterocycles. The van der Waals surface area contributed by atoms with Crippen molar-refractivity contribution in [2.24, 2.45) is 17.1 Å². The molecule has 0 spiro atoms. The van der Waals surface area contributed by atoms with E-state index in [-0.39, 0.29) is 6.04 Å². The second kappa shape index (κ2) is 5.44. The molecule has 1 aromatic rings. The molecular formula is C14H24N2. The molecule has 0 saturated carbocycles. The van der Waals surface area contributed by atoms with Crippen molar-refractivity contribution in [3.05, 3.63) is 30.1 Å². The predicted molar refractivity (Wildman–Crippen MR) is 69.2 cm³/mol. The van der Waals surface area contributed by atoms with Gasteiger partial charge in [-0.2, -0.15) is 0 Å². The van der Waals surface area contributed by atoms with Gasteiger partial charge in [0.25, 0.3) is 0 Å². The van der Waals surface area contributed by atoms with E-state index in [1.807, 2.05) is 24.4 Å². The van der Waals surface area contributed by atoms with Crippen molar-refractivity contribution < 1.29 is 0 Å². The van der Waals surface area contributed by atoms with Crippen LogP contribution in [-0.2, 0) is 6.42 Å². The lowest BCUT2D eigenvalue weighted by molar-refractivity contribution is 0.232. The summed E-state index contributed by atoms with van der Waals surface area (Å²) in [5, 5.41) is 0. The number of nitrogens with two attached hydrogens (primary N) is 1. The van der Waals surface area contributed by atoms with Crippen LogP contribution >= 0.6 is 0 Å². The maximum Gasteiger partial charge on any atom is 0.0419 e. The third-order valence-electron chi connectivity index (χ3n) is 3.33. The fraction of sp³-hybridized carbons (Fsp3) is 0.643. The number of pyridine rings is 1. The molecule has 0 radical (unpaired) electrons. The molecule has 2 N–H and O–H groups in total. The summed E-state index contributed by atoms with van der Waals surface area (Å²) in [7, 11) is 0. The van der Waals surface area contributed by atoms with Crippen molar-refractivity contribution in [2.75, 3.05) is 0 Å². The smallest absolute Gasteiger partial charge is 0.0419 e. The molecule has 1 heterocycles. The maximum absolute atomic E-state index is 6.16. The summed E-state index contributed by atoms with van der Waals surface area (Å²) in [6, 6.07) is 6.21. The highest BCUT2D eigenvalue weighted by Gasteiger charge is 2.22. The normalized spacial score (nSPS) is 15.8. The standard InChI is InChI=1S/C14H24N2/c1-11(14(2,3)4)9-12(15)10-13-7-5-6-8-16-13/h5-8,11-12H,9-10,15H2,1-4H3. The van der Waals surface area contributed by atoms with Crippen molar-refractivity contribution in [3.63, 3.8) is 0 Å². The van der Waals surface area contributed by atoms with Crippen LogP contribution in [-0.4, -0.2) is 11.0 Å². The molecule has 90 valence electrons. The van der Waals surface area contributed by atoms with E-state index in [0.717, 1.165) is 18.5 Å². The van der Waals surface area contributed by atoms with Crippen LogP contribution in [0.3, 0.4) is 0 Å². The summed E-state index contributed by atoms with van der Waals surface area (Å²) in [6.45, 7) is 9.08. The molecule has 2 heteroatoms. The summed E-state index contributed by atoms with van der Waals surface area (Å²) in [4.78, 5) is 4.31. The monoisotopic (exact) mass is 220 g/mol. The van der Waals surface area contributed by atoms with Gasteiger partial charge < -0.3 is 5.73 Å². The Balaban J connectivity index is 2.45. The molecule has 0 amide bonds. The van der Waals surface area contributed by atoms with Gasteiger partial charge in [0.15, 0.2) is 0 Å². The van der Waals surface area contributed by atoms with Gasteiger partial charge in [-0.25, -0.2) is 0 Å². The van der Waals surface area contributed by atoms with Crippen LogP contribution in [0, 0.1) is 11.3 Å². The van der Waals surface area contributed by atoms with Gasteiger partial charge in [0.1, 0.15) is 0 Å². The molecule has 0 aromatic carbocycles. The second-order valence-electron chi connectivity index (χ2n) is 5.79. The van der Waals surface area contributed by atoms with Crippen LogP contribution in [0.15, 0.2) is 24.4 Å². The van der Waals surface area contributed by atoms with E-state index in [4.69, 9.17) is 5.73 Å². The summed E-state index contributed by atoms with van der Waals surface area (Å²) in [5.41, 5.74) is 7.59. The van der Waals surface area contributed by atoms with Gasteiger partial charge in [0.05, 0.1) is 0 Å². The lowest BCUT2D eigenvalue weighted by atomic mass is 9.78. The van der Waals surface area contributed by atoms with E-state index in [9.17, 15) is 0 Å². The van der Waals surface area contributed by atoms with Gasteiger partial charge in [-0.05, 0) is 29.9 Å². The molecule has 1 aromatic heterocycles. The van der Waals surface area contributed by atoms with Crippen LogP contribution in [0.25, 0.3) is 0 Å². The lowest BCUT2D eigenvalue weighted by Gasteiger charge is -2.29. The SMILES string of the molecule is CC(CC(N)Cc1ccccn1)C(C)(C)C. The fourth-order valence-corrected chi connectivity index (χ4v) is 1.68. The molecule has 2 unspecified atom stereocenters. The second-order valence-corrected chi connectivity index (χ2v) is 5.79. The summed E-state index contributed by atoms with van der Waals surface area (Å²) in [6.07, 6.45) is 3.76. The molecule has 0 aliphatic rings. The molecule has 1 rings (SSSR count). The highest BCUT2D eigenvalue weighted by molar-refractivity contribution is 5.05. The van der Waals surface area contributed by atoms with Crippen LogP contribution in [0.1, 0.15) is 39.8 Å². The number of aromatic nitrogens is 1. The van der Waals surface area contributed by atoms with E-state index >= 15 is 0 Å². The zero-order valence-electron chi connectivity index (χ0n) is 10.9. The minimum absolute atomic E-state index is 0.212. The molecular weight excluding hydrogens is 196 g/mol. The van der Waals surface area contributed by atoms with Gasteiger partial charge in [-0.1, -0.05) is 33.8 Å². The maximum atomic E-state index is 6.16. The first-order chi connectivity index (χ1) is 7.39. The minimum Gasteiger partial charge on any atom is -0.327 e. The average Bonchev–Trinajstić information content (AvgIpc) is 2.17. The number of rotatable bonds is 4. The first-order valence-electron chi connectivity index (χ1n) is 6.05. The first-order valence-corrected chi connectivity index (χ1v) is 6.05. The molecule has 0 bridgehead atoms. The van der Waals surface area contributed by atoms with Crippen molar-refractivity contribution in [1.29, 1.82) is 0 Å². The van der Waals surface area contributed by atoms with Gasteiger partial charge in [0.2, 0.25) is 0 Å². The Kier molecular flexibility index (Phi) is 4.48. The molecule has 2 atom stereocenters. The Hall–Kier alpha value is -0.890. The Morgan fingerprint density at radius 2 is 2.00 bits per heavy atom. The van der Waals surface area contributed by atoms with Crippen molar-refractivity contribution in [2.45, 2.75) is 46.6 Å². The van der Waals surface area contributed by atoms with E-state index in [1.165, 1.54) is 0 Å². The Labute approximate surface area is 99.3 Å². The van der Waals surface area contributed by atoms with Crippen LogP contribution in [0.5, 0.6) is 0 Å². The van der Waals surface area contributed by atoms with Gasteiger partial charge in [0, 0.05) is 24.4 Å². The van der Waals surface area contributed by atoms with Gasteiger partial charge in [-0.15, -0.1) is 0 Å². The number of hydrogen-bond donors (Lipinski definition) is 1. The largest absolute Gasteiger partial charge is 0.327 e. The fourth-order valence-electron chi connectivity index (χ4n) is 1.68. The van der Waals surface area contributed by atoms with Crippen LogP contribution in [0.2, 0.25) is 0 Å². The zero-order valence-corrected chi connectivity index (χ0v) is 10.9. The number of hydrogen-bond acceptors (Lipinski definition) is 2. The van der Waals surface area contributed by atoms with Crippen molar-refractivity contribution >= 4 is 0 Å². The summed E-state index contributed by atoms with van der Waals surface area (Å²) in [5.74, 6) is 0.631. The first kappa shape index (κ1) is 13.2. The molecule has 2 nitrogen and oxygen atoms in total. The topological polar surface area (TPSA) is 38.9 Å². The minimum atomic E-state index is 0.212. The van der Waals surface area contributed by atoms with Crippen LogP contribution < -0.4 is 5.73 Å². The van der Waals surface area contributed by atoms with Crippen LogP contribution in [0.4, 0.5) is 0 Å². The lowest BCUT2D eigenvalue weighted by Crippen LogP contribution is -2.30. The quantitative estimate of drug-likeness (QED) is 0.847. The third kappa shape index (κ3) is 4.31. The van der Waals surface area contributed by atoms with E-state index < -0.39 is 0 Å². The summed E-state index contributed by atoms with van der Waals surface area (Å²) >= 11 is 0. The third-order valence-corrected chi connectivity index (χ3v) is 3.33. The molecule has 0 saturated heterocycles. The number of nitrogens with zero attached hydrogens (tertiary/aromatic N) is 1.